The van der Waals surface area contributed by atoms with Gasteiger partial charge < -0.3 is 10.2 Å². The number of aliphatic hydroxyl groups is 2. The normalized spacial score (nSPS) is 43.1. The molecule has 2 rings (SSSR count). The molecule has 19 heavy (non-hydrogen) atoms. The third-order valence-corrected chi connectivity index (χ3v) is 5.21. The summed E-state index contributed by atoms with van der Waals surface area (Å²) in [4.78, 5) is 12.4. The van der Waals surface area contributed by atoms with E-state index >= 15 is 0 Å². The van der Waals surface area contributed by atoms with Crippen LogP contribution in [0.25, 0.3) is 0 Å². The molecule has 2 fully saturated rings. The molecule has 0 aliphatic heterocycles. The standard InChI is InChI=1S/C16H26O3/c1-10(17)7-8-12-9-16(3)13(11(2)15(12)19)5-4-6-14(16)18/h8,10-11,13-14,17-18H,4-7,9H2,1-3H3/b12-8+/t10-,11?,13?,14+,16+/m1/s1. The summed E-state index contributed by atoms with van der Waals surface area (Å²) in [5.74, 6) is 0.513. The smallest absolute Gasteiger partial charge is 0.161 e. The van der Waals surface area contributed by atoms with E-state index in [1.165, 1.54) is 0 Å². The Bertz CT molecular complexity index is 385. The van der Waals surface area contributed by atoms with Gasteiger partial charge in [-0.3, -0.25) is 4.79 Å². The molecule has 2 aliphatic rings. The van der Waals surface area contributed by atoms with Crippen molar-refractivity contribution in [1.29, 1.82) is 0 Å². The maximum atomic E-state index is 12.4. The minimum atomic E-state index is -0.419. The number of aliphatic hydroxyl groups excluding tert-OH is 2. The summed E-state index contributed by atoms with van der Waals surface area (Å²) in [6, 6.07) is 0. The van der Waals surface area contributed by atoms with Crippen LogP contribution in [-0.2, 0) is 4.79 Å². The first-order chi connectivity index (χ1) is 8.86. The molecule has 0 aromatic carbocycles. The lowest BCUT2D eigenvalue weighted by Gasteiger charge is -2.51. The number of ketones is 1. The Morgan fingerprint density at radius 2 is 2.16 bits per heavy atom. The minimum absolute atomic E-state index is 0.00560. The molecule has 0 radical (unpaired) electrons. The van der Waals surface area contributed by atoms with Gasteiger partial charge in [-0.1, -0.05) is 26.3 Å². The molecular weight excluding hydrogens is 240 g/mol. The van der Waals surface area contributed by atoms with Crippen LogP contribution >= 0.6 is 0 Å². The van der Waals surface area contributed by atoms with E-state index in [1.54, 1.807) is 6.92 Å². The molecular formula is C16H26O3. The predicted molar refractivity (Wildman–Crippen MR) is 74.6 cm³/mol. The SMILES string of the molecule is CC1C(=O)/C(=C/C[C@@H](C)O)C[C@@]2(C)C1CCC[C@@H]2O. The Morgan fingerprint density at radius 3 is 2.79 bits per heavy atom. The van der Waals surface area contributed by atoms with Crippen LogP contribution in [-0.4, -0.2) is 28.2 Å². The Morgan fingerprint density at radius 1 is 1.47 bits per heavy atom. The highest BCUT2D eigenvalue weighted by Crippen LogP contribution is 2.52. The van der Waals surface area contributed by atoms with E-state index in [2.05, 4.69) is 6.92 Å². The first-order valence-corrected chi connectivity index (χ1v) is 7.45. The van der Waals surface area contributed by atoms with Crippen LogP contribution < -0.4 is 0 Å². The van der Waals surface area contributed by atoms with Crippen molar-refractivity contribution in [2.24, 2.45) is 17.3 Å². The first-order valence-electron chi connectivity index (χ1n) is 7.45. The predicted octanol–water partition coefficient (Wildman–Crippen LogP) is 2.46. The van der Waals surface area contributed by atoms with Crippen LogP contribution in [0.15, 0.2) is 11.6 Å². The van der Waals surface area contributed by atoms with Crippen LogP contribution in [0.3, 0.4) is 0 Å². The zero-order valence-corrected chi connectivity index (χ0v) is 12.2. The van der Waals surface area contributed by atoms with E-state index in [4.69, 9.17) is 0 Å². The molecule has 0 amide bonds. The first kappa shape index (κ1) is 14.7. The van der Waals surface area contributed by atoms with Crippen LogP contribution in [0.1, 0.15) is 52.9 Å². The number of allylic oxidation sites excluding steroid dienone is 1. The Labute approximate surface area is 115 Å². The number of fused-ring (bicyclic) bond motifs is 1. The number of rotatable bonds is 2. The van der Waals surface area contributed by atoms with Gasteiger partial charge >= 0.3 is 0 Å². The van der Waals surface area contributed by atoms with E-state index < -0.39 is 6.10 Å². The Balaban J connectivity index is 2.27. The highest BCUT2D eigenvalue weighted by molar-refractivity contribution is 5.98. The third-order valence-electron chi connectivity index (χ3n) is 5.21. The van der Waals surface area contributed by atoms with Gasteiger partial charge in [-0.05, 0) is 44.1 Å². The van der Waals surface area contributed by atoms with Crippen molar-refractivity contribution in [2.45, 2.75) is 65.1 Å². The average Bonchev–Trinajstić information content (AvgIpc) is 2.35. The fraction of sp³-hybridized carbons (Fsp3) is 0.812. The molecule has 108 valence electrons. The van der Waals surface area contributed by atoms with E-state index in [9.17, 15) is 15.0 Å². The average molecular weight is 266 g/mol. The molecule has 2 unspecified atom stereocenters. The highest BCUT2D eigenvalue weighted by atomic mass is 16.3. The number of carbonyl (C=O) groups is 1. The molecule has 0 aromatic rings. The van der Waals surface area contributed by atoms with Crippen LogP contribution in [0, 0.1) is 17.3 Å². The fourth-order valence-electron chi connectivity index (χ4n) is 3.97. The van der Waals surface area contributed by atoms with E-state index in [0.29, 0.717) is 18.8 Å². The largest absolute Gasteiger partial charge is 0.393 e. The lowest BCUT2D eigenvalue weighted by atomic mass is 9.54. The van der Waals surface area contributed by atoms with Crippen molar-refractivity contribution in [2.75, 3.05) is 0 Å². The summed E-state index contributed by atoms with van der Waals surface area (Å²) in [6.45, 7) is 5.85. The molecule has 0 saturated heterocycles. The molecule has 0 bridgehead atoms. The molecule has 2 N–H and O–H groups in total. The van der Waals surface area contributed by atoms with Gasteiger partial charge in [0.25, 0.3) is 0 Å². The van der Waals surface area contributed by atoms with Gasteiger partial charge in [-0.25, -0.2) is 0 Å². The van der Waals surface area contributed by atoms with Crippen LogP contribution in [0.2, 0.25) is 0 Å². The second-order valence-electron chi connectivity index (χ2n) is 6.70. The number of hydrogen-bond acceptors (Lipinski definition) is 3. The van der Waals surface area contributed by atoms with Crippen molar-refractivity contribution < 1.29 is 15.0 Å². The van der Waals surface area contributed by atoms with E-state index in [0.717, 1.165) is 24.8 Å². The summed E-state index contributed by atoms with van der Waals surface area (Å²) in [6.07, 6.45) is 5.24. The molecule has 0 aromatic heterocycles. The monoisotopic (exact) mass is 266 g/mol. The minimum Gasteiger partial charge on any atom is -0.393 e. The fourth-order valence-corrected chi connectivity index (χ4v) is 3.97. The molecule has 2 saturated carbocycles. The zero-order valence-electron chi connectivity index (χ0n) is 12.2. The van der Waals surface area contributed by atoms with Crippen molar-refractivity contribution in [3.8, 4) is 0 Å². The second kappa shape index (κ2) is 5.37. The summed E-state index contributed by atoms with van der Waals surface area (Å²) in [5, 5.41) is 19.8. The summed E-state index contributed by atoms with van der Waals surface area (Å²) < 4.78 is 0. The van der Waals surface area contributed by atoms with Crippen molar-refractivity contribution in [1.82, 2.24) is 0 Å². The van der Waals surface area contributed by atoms with Crippen LogP contribution in [0.5, 0.6) is 0 Å². The van der Waals surface area contributed by atoms with Crippen molar-refractivity contribution >= 4 is 5.78 Å². The van der Waals surface area contributed by atoms with Gasteiger partial charge in [0, 0.05) is 11.3 Å². The zero-order chi connectivity index (χ0) is 14.2. The molecule has 0 spiro atoms. The Hall–Kier alpha value is -0.670. The molecule has 0 heterocycles. The summed E-state index contributed by atoms with van der Waals surface area (Å²) in [7, 11) is 0. The Kier molecular flexibility index (Phi) is 4.17. The quantitative estimate of drug-likeness (QED) is 0.755. The van der Waals surface area contributed by atoms with Crippen molar-refractivity contribution in [3.63, 3.8) is 0 Å². The highest BCUT2D eigenvalue weighted by Gasteiger charge is 2.51. The number of carbonyl (C=O) groups excluding carboxylic acids is 1. The van der Waals surface area contributed by atoms with Gasteiger partial charge in [-0.2, -0.15) is 0 Å². The molecule has 2 aliphatic carbocycles. The summed E-state index contributed by atoms with van der Waals surface area (Å²) >= 11 is 0. The van der Waals surface area contributed by atoms with Gasteiger partial charge in [0.2, 0.25) is 0 Å². The van der Waals surface area contributed by atoms with Gasteiger partial charge in [0.1, 0.15) is 0 Å². The van der Waals surface area contributed by atoms with Crippen molar-refractivity contribution in [3.05, 3.63) is 11.6 Å². The molecule has 3 nitrogen and oxygen atoms in total. The van der Waals surface area contributed by atoms with Gasteiger partial charge in [0.05, 0.1) is 12.2 Å². The lowest BCUT2D eigenvalue weighted by molar-refractivity contribution is -0.133. The topological polar surface area (TPSA) is 57.5 Å². The summed E-state index contributed by atoms with van der Waals surface area (Å²) in [5.41, 5.74) is 0.643. The number of Topliss-reactive ketones (excluding diaryl/α,β-unsaturated/α-hetero) is 1. The van der Waals surface area contributed by atoms with Gasteiger partial charge in [0.15, 0.2) is 5.78 Å². The van der Waals surface area contributed by atoms with Gasteiger partial charge in [-0.15, -0.1) is 0 Å². The lowest BCUT2D eigenvalue weighted by Crippen LogP contribution is -2.51. The molecule has 5 atom stereocenters. The maximum Gasteiger partial charge on any atom is 0.161 e. The second-order valence-corrected chi connectivity index (χ2v) is 6.70. The maximum absolute atomic E-state index is 12.4. The molecule has 3 heteroatoms. The van der Waals surface area contributed by atoms with E-state index in [-0.39, 0.29) is 23.2 Å². The number of hydrogen-bond donors (Lipinski definition) is 2. The van der Waals surface area contributed by atoms with Crippen LogP contribution in [0.4, 0.5) is 0 Å². The third kappa shape index (κ3) is 2.63. The van der Waals surface area contributed by atoms with E-state index in [1.807, 2.05) is 13.0 Å².